The second-order valence-electron chi connectivity index (χ2n) is 7.84. The highest BCUT2D eigenvalue weighted by atomic mass is 16.5. The number of carbonyl (C=O) groups is 1. The van der Waals surface area contributed by atoms with Gasteiger partial charge in [0.15, 0.2) is 0 Å². The standard InChI is InChI=1S/C25H28N4O2/c1-19-7-9-22(10-8-19)31-16-13-26-25(30)21-11-14-29(15-12-21)24-17-23(27-18-28-24)20-5-3-2-4-6-20/h2-10,17-18,21H,11-16H2,1H3,(H,26,30). The van der Waals surface area contributed by atoms with Crippen LogP contribution in [0.1, 0.15) is 18.4 Å². The van der Waals surface area contributed by atoms with Crippen LogP contribution in [-0.4, -0.2) is 42.1 Å². The van der Waals surface area contributed by atoms with E-state index in [4.69, 9.17) is 4.74 Å². The lowest BCUT2D eigenvalue weighted by Crippen LogP contribution is -2.41. The highest BCUT2D eigenvalue weighted by molar-refractivity contribution is 5.79. The fourth-order valence-corrected chi connectivity index (χ4v) is 3.78. The molecule has 1 amide bonds. The number of nitrogens with one attached hydrogen (secondary N) is 1. The number of rotatable bonds is 7. The van der Waals surface area contributed by atoms with Crippen LogP contribution >= 0.6 is 0 Å². The first kappa shape index (κ1) is 20.8. The molecule has 0 bridgehead atoms. The summed E-state index contributed by atoms with van der Waals surface area (Å²) in [5.41, 5.74) is 3.19. The van der Waals surface area contributed by atoms with Crippen LogP contribution in [0, 0.1) is 12.8 Å². The molecule has 1 saturated heterocycles. The first-order valence-electron chi connectivity index (χ1n) is 10.8. The molecule has 6 heteroatoms. The third-order valence-electron chi connectivity index (χ3n) is 5.60. The molecule has 6 nitrogen and oxygen atoms in total. The van der Waals surface area contributed by atoms with Crippen LogP contribution in [0.15, 0.2) is 67.0 Å². The van der Waals surface area contributed by atoms with Crippen molar-refractivity contribution < 1.29 is 9.53 Å². The normalized spacial score (nSPS) is 14.3. The molecule has 0 atom stereocenters. The molecule has 4 rings (SSSR count). The summed E-state index contributed by atoms with van der Waals surface area (Å²) in [6.45, 7) is 4.64. The number of amides is 1. The Morgan fingerprint density at radius 1 is 1.06 bits per heavy atom. The Kier molecular flexibility index (Phi) is 6.77. The molecule has 31 heavy (non-hydrogen) atoms. The molecule has 0 radical (unpaired) electrons. The predicted molar refractivity (Wildman–Crippen MR) is 122 cm³/mol. The fourth-order valence-electron chi connectivity index (χ4n) is 3.78. The molecule has 0 spiro atoms. The highest BCUT2D eigenvalue weighted by Crippen LogP contribution is 2.25. The molecule has 1 aliphatic heterocycles. The number of nitrogens with zero attached hydrogens (tertiary/aromatic N) is 3. The molecule has 3 aromatic rings. The van der Waals surface area contributed by atoms with Crippen LogP contribution in [0.2, 0.25) is 0 Å². The first-order chi connectivity index (χ1) is 15.2. The van der Waals surface area contributed by atoms with Gasteiger partial charge in [-0.25, -0.2) is 9.97 Å². The van der Waals surface area contributed by atoms with E-state index < -0.39 is 0 Å². The fraction of sp³-hybridized carbons (Fsp3) is 0.320. The summed E-state index contributed by atoms with van der Waals surface area (Å²) in [6.07, 6.45) is 3.25. The van der Waals surface area contributed by atoms with Crippen molar-refractivity contribution in [1.29, 1.82) is 0 Å². The molecule has 2 aromatic carbocycles. The van der Waals surface area contributed by atoms with Gasteiger partial charge in [0.25, 0.3) is 0 Å². The molecule has 0 aliphatic carbocycles. The average Bonchev–Trinajstić information content (AvgIpc) is 2.83. The Morgan fingerprint density at radius 2 is 1.81 bits per heavy atom. The Labute approximate surface area is 183 Å². The number of piperidine rings is 1. The van der Waals surface area contributed by atoms with Crippen molar-refractivity contribution in [1.82, 2.24) is 15.3 Å². The van der Waals surface area contributed by atoms with Gasteiger partial charge >= 0.3 is 0 Å². The monoisotopic (exact) mass is 416 g/mol. The lowest BCUT2D eigenvalue weighted by atomic mass is 9.96. The predicted octanol–water partition coefficient (Wildman–Crippen LogP) is 3.86. The van der Waals surface area contributed by atoms with Gasteiger partial charge in [0.2, 0.25) is 5.91 Å². The van der Waals surface area contributed by atoms with Gasteiger partial charge in [0, 0.05) is 30.6 Å². The maximum absolute atomic E-state index is 12.5. The number of aromatic nitrogens is 2. The van der Waals surface area contributed by atoms with Gasteiger partial charge in [-0.05, 0) is 31.9 Å². The van der Waals surface area contributed by atoms with E-state index in [-0.39, 0.29) is 11.8 Å². The summed E-state index contributed by atoms with van der Waals surface area (Å²) in [4.78, 5) is 23.6. The maximum atomic E-state index is 12.5. The maximum Gasteiger partial charge on any atom is 0.223 e. The van der Waals surface area contributed by atoms with Gasteiger partial charge in [-0.15, -0.1) is 0 Å². The molecule has 1 N–H and O–H groups in total. The van der Waals surface area contributed by atoms with E-state index in [1.54, 1.807) is 6.33 Å². The molecule has 2 heterocycles. The molecule has 0 saturated carbocycles. The van der Waals surface area contributed by atoms with E-state index in [2.05, 4.69) is 20.2 Å². The van der Waals surface area contributed by atoms with Crippen LogP contribution < -0.4 is 15.0 Å². The molecule has 0 unspecified atom stereocenters. The molecule has 160 valence electrons. The molecule has 1 aromatic heterocycles. The van der Waals surface area contributed by atoms with E-state index in [0.29, 0.717) is 13.2 Å². The van der Waals surface area contributed by atoms with Crippen LogP contribution in [0.4, 0.5) is 5.82 Å². The van der Waals surface area contributed by atoms with Gasteiger partial charge in [-0.3, -0.25) is 4.79 Å². The zero-order chi connectivity index (χ0) is 21.5. The number of hydrogen-bond donors (Lipinski definition) is 1. The molecule has 1 aliphatic rings. The summed E-state index contributed by atoms with van der Waals surface area (Å²) in [7, 11) is 0. The number of ether oxygens (including phenoxy) is 1. The van der Waals surface area contributed by atoms with Gasteiger partial charge in [0.1, 0.15) is 24.5 Å². The van der Waals surface area contributed by atoms with E-state index in [1.807, 2.05) is 67.6 Å². The first-order valence-corrected chi connectivity index (χ1v) is 10.8. The number of aryl methyl sites for hydroxylation is 1. The van der Waals surface area contributed by atoms with Crippen molar-refractivity contribution >= 4 is 11.7 Å². The van der Waals surface area contributed by atoms with Gasteiger partial charge < -0.3 is 15.0 Å². The molecular formula is C25H28N4O2. The second-order valence-corrected chi connectivity index (χ2v) is 7.84. The van der Waals surface area contributed by atoms with Gasteiger partial charge in [-0.1, -0.05) is 48.0 Å². The molecule has 1 fully saturated rings. The second kappa shape index (κ2) is 10.1. The minimum atomic E-state index is 0.0334. The summed E-state index contributed by atoms with van der Waals surface area (Å²) in [6, 6.07) is 20.1. The van der Waals surface area contributed by atoms with E-state index in [0.717, 1.165) is 48.8 Å². The van der Waals surface area contributed by atoms with Crippen molar-refractivity contribution in [2.45, 2.75) is 19.8 Å². The number of hydrogen-bond acceptors (Lipinski definition) is 5. The van der Waals surface area contributed by atoms with Crippen molar-refractivity contribution in [2.24, 2.45) is 5.92 Å². The smallest absolute Gasteiger partial charge is 0.223 e. The lowest BCUT2D eigenvalue weighted by molar-refractivity contribution is -0.125. The Bertz CT molecular complexity index is 984. The SMILES string of the molecule is Cc1ccc(OCCNC(=O)C2CCN(c3cc(-c4ccccc4)ncn3)CC2)cc1. The van der Waals surface area contributed by atoms with Crippen LogP contribution in [0.3, 0.4) is 0 Å². The lowest BCUT2D eigenvalue weighted by Gasteiger charge is -2.32. The van der Waals surface area contributed by atoms with Crippen molar-refractivity contribution in [2.75, 3.05) is 31.1 Å². The van der Waals surface area contributed by atoms with Crippen LogP contribution in [-0.2, 0) is 4.79 Å². The van der Waals surface area contributed by atoms with Crippen molar-refractivity contribution in [3.05, 3.63) is 72.6 Å². The summed E-state index contributed by atoms with van der Waals surface area (Å²) < 4.78 is 5.68. The zero-order valence-electron chi connectivity index (χ0n) is 17.8. The van der Waals surface area contributed by atoms with Gasteiger partial charge in [0.05, 0.1) is 12.2 Å². The Balaban J connectivity index is 1.23. The summed E-state index contributed by atoms with van der Waals surface area (Å²) in [5, 5.41) is 3.01. The number of carbonyl (C=O) groups excluding carboxylic acids is 1. The quantitative estimate of drug-likeness (QED) is 0.593. The minimum absolute atomic E-state index is 0.0334. The van der Waals surface area contributed by atoms with E-state index in [9.17, 15) is 4.79 Å². The third-order valence-corrected chi connectivity index (χ3v) is 5.60. The summed E-state index contributed by atoms with van der Waals surface area (Å²) in [5.74, 6) is 1.89. The zero-order valence-corrected chi connectivity index (χ0v) is 17.8. The van der Waals surface area contributed by atoms with Crippen LogP contribution in [0.25, 0.3) is 11.3 Å². The van der Waals surface area contributed by atoms with Crippen molar-refractivity contribution in [3.8, 4) is 17.0 Å². The average molecular weight is 417 g/mol. The number of benzene rings is 2. The molecular weight excluding hydrogens is 388 g/mol. The third kappa shape index (κ3) is 5.60. The highest BCUT2D eigenvalue weighted by Gasteiger charge is 2.25. The van der Waals surface area contributed by atoms with Gasteiger partial charge in [-0.2, -0.15) is 0 Å². The van der Waals surface area contributed by atoms with Crippen LogP contribution in [0.5, 0.6) is 5.75 Å². The largest absolute Gasteiger partial charge is 0.492 e. The van der Waals surface area contributed by atoms with E-state index >= 15 is 0 Å². The number of anilines is 1. The van der Waals surface area contributed by atoms with E-state index in [1.165, 1.54) is 5.56 Å². The summed E-state index contributed by atoms with van der Waals surface area (Å²) >= 11 is 0. The topological polar surface area (TPSA) is 67.3 Å². The Hall–Kier alpha value is -3.41. The van der Waals surface area contributed by atoms with Crippen molar-refractivity contribution in [3.63, 3.8) is 0 Å². The minimum Gasteiger partial charge on any atom is -0.492 e. The Morgan fingerprint density at radius 3 is 2.55 bits per heavy atom.